The summed E-state index contributed by atoms with van der Waals surface area (Å²) in [5, 5.41) is 17.7. The Morgan fingerprint density at radius 2 is 2.03 bits per heavy atom. The van der Waals surface area contributed by atoms with Crippen LogP contribution in [-0.4, -0.2) is 60.5 Å². The lowest BCUT2D eigenvalue weighted by Gasteiger charge is -2.18. The maximum absolute atomic E-state index is 12.8. The monoisotopic (exact) mass is 532 g/mol. The Morgan fingerprint density at radius 1 is 1.27 bits per heavy atom. The second-order valence-electron chi connectivity index (χ2n) is 8.09. The average molecular weight is 532 g/mol. The number of hydrogen-bond acceptors (Lipinski definition) is 9. The third-order valence-electron chi connectivity index (χ3n) is 5.37. The second-order valence-corrected chi connectivity index (χ2v) is 9.33. The molecule has 0 radical (unpaired) electrons. The van der Waals surface area contributed by atoms with Crippen molar-refractivity contribution in [2.75, 3.05) is 19.5 Å². The zero-order valence-corrected chi connectivity index (χ0v) is 21.0. The van der Waals surface area contributed by atoms with Gasteiger partial charge in [0, 0.05) is 25.2 Å². The van der Waals surface area contributed by atoms with Gasteiger partial charge in [-0.3, -0.25) is 14.1 Å². The fourth-order valence-electron chi connectivity index (χ4n) is 3.44. The Balaban J connectivity index is 1.83. The van der Waals surface area contributed by atoms with Crippen molar-refractivity contribution < 1.29 is 33.2 Å². The van der Waals surface area contributed by atoms with Gasteiger partial charge in [0.25, 0.3) is 11.8 Å². The first-order valence-electron chi connectivity index (χ1n) is 11.0. The molecule has 0 bridgehead atoms. The van der Waals surface area contributed by atoms with Crippen LogP contribution >= 0.6 is 7.82 Å². The number of tetrazole rings is 1. The number of phosphoric acid groups is 1. The first kappa shape index (κ1) is 26.2. The van der Waals surface area contributed by atoms with Crippen molar-refractivity contribution in [1.82, 2.24) is 30.1 Å². The predicted molar refractivity (Wildman–Crippen MR) is 128 cm³/mol. The van der Waals surface area contributed by atoms with Crippen molar-refractivity contribution in [3.05, 3.63) is 41.5 Å². The number of methoxy groups -OCH3 is 1. The summed E-state index contributed by atoms with van der Waals surface area (Å²) in [5.74, 6) is -0.411. The van der Waals surface area contributed by atoms with Gasteiger partial charge in [0.2, 0.25) is 5.82 Å². The number of anilines is 2. The van der Waals surface area contributed by atoms with Gasteiger partial charge < -0.3 is 29.7 Å². The molecule has 1 aliphatic carbocycles. The molecule has 2 heterocycles. The van der Waals surface area contributed by atoms with Gasteiger partial charge in [0.05, 0.1) is 36.7 Å². The minimum Gasteiger partial charge on any atom is -0.494 e. The number of nitrogens with zero attached hydrogens (tertiary/aromatic N) is 6. The Morgan fingerprint density at radius 3 is 2.62 bits per heavy atom. The molecule has 37 heavy (non-hydrogen) atoms. The van der Waals surface area contributed by atoms with Crippen molar-refractivity contribution in [1.29, 1.82) is 0 Å². The summed E-state index contributed by atoms with van der Waals surface area (Å²) >= 11 is 0. The molecule has 0 unspecified atom stereocenters. The van der Waals surface area contributed by atoms with Crippen LogP contribution in [0.4, 0.5) is 11.4 Å². The molecular weight excluding hydrogens is 507 g/mol. The van der Waals surface area contributed by atoms with E-state index in [4.69, 9.17) is 14.5 Å². The summed E-state index contributed by atoms with van der Waals surface area (Å²) < 4.78 is 22.7. The lowest BCUT2D eigenvalue weighted by atomic mass is 10.1. The normalized spacial score (nSPS) is 13.9. The number of rotatable bonds is 9. The topological polar surface area (TPSA) is 195 Å². The van der Waals surface area contributed by atoms with Gasteiger partial charge in [-0.2, -0.15) is 9.79 Å². The molecule has 0 spiro atoms. The van der Waals surface area contributed by atoms with E-state index in [1.54, 1.807) is 25.2 Å². The van der Waals surface area contributed by atoms with Crippen LogP contribution in [-0.2, 0) is 27.7 Å². The number of hydrogen-bond donors (Lipinski definition) is 4. The molecule has 1 saturated carbocycles. The molecule has 4 N–H and O–H groups in total. The highest BCUT2D eigenvalue weighted by atomic mass is 31.2. The molecule has 16 heteroatoms. The van der Waals surface area contributed by atoms with Gasteiger partial charge in [-0.15, -0.1) is 10.2 Å². The number of amides is 2. The highest BCUT2D eigenvalue weighted by molar-refractivity contribution is 7.46. The first-order valence-corrected chi connectivity index (χ1v) is 12.6. The van der Waals surface area contributed by atoms with E-state index in [-0.39, 0.29) is 28.6 Å². The summed E-state index contributed by atoms with van der Waals surface area (Å²) in [4.78, 5) is 49.0. The van der Waals surface area contributed by atoms with E-state index in [9.17, 15) is 14.2 Å². The Bertz CT molecular complexity index is 1460. The van der Waals surface area contributed by atoms with E-state index in [2.05, 4.69) is 35.6 Å². The standard InChI is InChI=1S/C21H25N8O7P/c1-22-21(31)14-10-29(11-36-37(32,33)34)17(24-20(30)12-7-8-12)9-16(14)23-15-6-4-5-13(18(15)35-3)19-25-27-28(2)26-19/h4-6,9-10,12,23H,7-8,11H2,1-3H3,(H,22,31)(H2,32,33,34)/b24-17+. The van der Waals surface area contributed by atoms with Crippen LogP contribution in [0.5, 0.6) is 5.75 Å². The first-order chi connectivity index (χ1) is 17.6. The summed E-state index contributed by atoms with van der Waals surface area (Å²) in [7, 11) is -0.323. The van der Waals surface area contributed by atoms with E-state index in [0.29, 0.717) is 35.7 Å². The van der Waals surface area contributed by atoms with Crippen molar-refractivity contribution in [3.63, 3.8) is 0 Å². The molecule has 196 valence electrons. The van der Waals surface area contributed by atoms with Crippen LogP contribution in [0.25, 0.3) is 11.4 Å². The largest absolute Gasteiger partial charge is 0.494 e. The third kappa shape index (κ3) is 6.27. The van der Waals surface area contributed by atoms with Crippen LogP contribution in [0.2, 0.25) is 0 Å². The molecule has 0 atom stereocenters. The maximum Gasteiger partial charge on any atom is 0.471 e. The minimum atomic E-state index is -4.85. The van der Waals surface area contributed by atoms with Crippen molar-refractivity contribution in [2.24, 2.45) is 18.0 Å². The van der Waals surface area contributed by atoms with Gasteiger partial charge in [0.1, 0.15) is 12.2 Å². The molecule has 2 amide bonds. The number of nitrogens with one attached hydrogen (secondary N) is 2. The second kappa shape index (κ2) is 10.6. The highest BCUT2D eigenvalue weighted by Crippen LogP contribution is 2.38. The minimum absolute atomic E-state index is 0.0335. The quantitative estimate of drug-likeness (QED) is 0.283. The number of aryl methyl sites for hydroxylation is 1. The number of benzene rings is 1. The third-order valence-corrected chi connectivity index (χ3v) is 5.82. The molecule has 4 rings (SSSR count). The van der Waals surface area contributed by atoms with E-state index < -0.39 is 20.5 Å². The van der Waals surface area contributed by atoms with Crippen molar-refractivity contribution in [2.45, 2.75) is 19.6 Å². The summed E-state index contributed by atoms with van der Waals surface area (Å²) in [5.41, 5.74) is 1.35. The molecular formula is C21H25N8O7P. The number of aromatic nitrogens is 5. The fraction of sp³-hybridized carbons (Fsp3) is 0.333. The van der Waals surface area contributed by atoms with Gasteiger partial charge in [-0.25, -0.2) is 4.57 Å². The lowest BCUT2D eigenvalue weighted by Crippen LogP contribution is -2.28. The molecule has 1 fully saturated rings. The lowest BCUT2D eigenvalue weighted by molar-refractivity contribution is -0.119. The number of pyridine rings is 1. The van der Waals surface area contributed by atoms with Crippen LogP contribution in [0.3, 0.4) is 0 Å². The van der Waals surface area contributed by atoms with E-state index in [1.807, 2.05) is 0 Å². The molecule has 3 aromatic rings. The van der Waals surface area contributed by atoms with Crippen molar-refractivity contribution in [3.8, 4) is 17.1 Å². The van der Waals surface area contributed by atoms with E-state index in [1.165, 1.54) is 35.8 Å². The SMILES string of the molecule is CNC(=O)c1cn(COP(=O)(O)O)/c(=N/C(=O)C2CC2)cc1Nc1cccc(-c2nnn(C)n2)c1OC. The number of carbonyl (C=O) groups excluding carboxylic acids is 2. The number of carbonyl (C=O) groups is 2. The van der Waals surface area contributed by atoms with Gasteiger partial charge in [0.15, 0.2) is 5.75 Å². The fourth-order valence-corrected chi connectivity index (χ4v) is 3.72. The smallest absolute Gasteiger partial charge is 0.471 e. The predicted octanol–water partition coefficient (Wildman–Crippen LogP) is 0.694. The van der Waals surface area contributed by atoms with E-state index in [0.717, 1.165) is 0 Å². The number of ether oxygens (including phenoxy) is 1. The van der Waals surface area contributed by atoms with Gasteiger partial charge in [-0.05, 0) is 30.2 Å². The average Bonchev–Trinajstić information content (AvgIpc) is 3.63. The van der Waals surface area contributed by atoms with Crippen LogP contribution in [0.1, 0.15) is 23.2 Å². The van der Waals surface area contributed by atoms with E-state index >= 15 is 0 Å². The van der Waals surface area contributed by atoms with Crippen LogP contribution in [0, 0.1) is 5.92 Å². The zero-order chi connectivity index (χ0) is 26.7. The van der Waals surface area contributed by atoms with Crippen molar-refractivity contribution >= 4 is 31.0 Å². The Labute approximate surface area is 210 Å². The summed E-state index contributed by atoms with van der Waals surface area (Å²) in [6, 6.07) is 6.60. The maximum atomic E-state index is 12.8. The van der Waals surface area contributed by atoms with Gasteiger partial charge >= 0.3 is 7.82 Å². The number of para-hydroxylation sites is 1. The van der Waals surface area contributed by atoms with Gasteiger partial charge in [-0.1, -0.05) is 6.07 Å². The number of phosphoric ester groups is 1. The molecule has 1 aromatic carbocycles. The van der Waals surface area contributed by atoms with Crippen LogP contribution in [0.15, 0.2) is 35.5 Å². The molecule has 0 aliphatic heterocycles. The Hall–Kier alpha value is -3.91. The highest BCUT2D eigenvalue weighted by Gasteiger charge is 2.29. The Kier molecular flexibility index (Phi) is 7.50. The molecule has 0 saturated heterocycles. The zero-order valence-electron chi connectivity index (χ0n) is 20.2. The summed E-state index contributed by atoms with van der Waals surface area (Å²) in [6.07, 6.45) is 2.71. The molecule has 2 aromatic heterocycles. The summed E-state index contributed by atoms with van der Waals surface area (Å²) in [6.45, 7) is -0.650. The van der Waals surface area contributed by atoms with Crippen LogP contribution < -0.4 is 20.9 Å². The molecule has 1 aliphatic rings. The molecule has 15 nitrogen and oxygen atoms in total.